The molecule has 0 saturated carbocycles. The largest absolute Gasteiger partial charge is 0.766 e. The lowest BCUT2D eigenvalue weighted by Gasteiger charge is -2.33. The standard InChI is InChI=1S/C25H22O3P2.C6H6O/c26-30(27,28-22-13-5-1-6-14-22)21-29(23-15-7-2-8-16-23,24-17-9-3-10-18-24)25-19-11-4-12-20-25;7-6-4-2-1-3-5-6/h1-20H,21H2;1-5,7H. The summed E-state index contributed by atoms with van der Waals surface area (Å²) in [5.74, 6) is 0.568. The van der Waals surface area contributed by atoms with Crippen LogP contribution in [0.3, 0.4) is 0 Å². The van der Waals surface area contributed by atoms with Gasteiger partial charge in [-0.05, 0) is 60.7 Å². The Hall–Kier alpha value is -3.68. The van der Waals surface area contributed by atoms with Gasteiger partial charge in [0.2, 0.25) is 7.60 Å². The normalized spacial score (nSPS) is 12.5. The summed E-state index contributed by atoms with van der Waals surface area (Å²) in [5.41, 5.74) is 0. The first-order chi connectivity index (χ1) is 18.0. The smallest absolute Gasteiger partial charge is 0.221 e. The van der Waals surface area contributed by atoms with Crippen molar-refractivity contribution in [2.75, 3.05) is 5.90 Å². The van der Waals surface area contributed by atoms with Crippen molar-refractivity contribution in [3.05, 3.63) is 152 Å². The molecule has 1 atom stereocenters. The zero-order valence-corrected chi connectivity index (χ0v) is 22.0. The average molecular weight is 527 g/mol. The minimum atomic E-state index is -4.23. The van der Waals surface area contributed by atoms with Gasteiger partial charge in [0.25, 0.3) is 0 Å². The number of phenols is 1. The molecule has 0 radical (unpaired) electrons. The molecule has 5 aromatic carbocycles. The van der Waals surface area contributed by atoms with Gasteiger partial charge in [-0.15, -0.1) is 0 Å². The Morgan fingerprint density at radius 2 is 0.892 bits per heavy atom. The summed E-state index contributed by atoms with van der Waals surface area (Å²) in [5, 5.41) is 11.7. The first-order valence-corrected chi connectivity index (χ1v) is 15.5. The van der Waals surface area contributed by atoms with Crippen molar-refractivity contribution >= 4 is 30.8 Å². The molecule has 37 heavy (non-hydrogen) atoms. The highest BCUT2D eigenvalue weighted by molar-refractivity contribution is 8.00. The maximum atomic E-state index is 13.4. The van der Waals surface area contributed by atoms with Gasteiger partial charge in [-0.25, -0.2) is 0 Å². The molecule has 0 saturated heterocycles. The van der Waals surface area contributed by atoms with Crippen LogP contribution in [0.2, 0.25) is 0 Å². The number of rotatable bonds is 7. The maximum Gasteiger partial charge on any atom is 0.221 e. The van der Waals surface area contributed by atoms with Crippen LogP contribution in [0.25, 0.3) is 0 Å². The van der Waals surface area contributed by atoms with Gasteiger partial charge in [-0.2, -0.15) is 0 Å². The second kappa shape index (κ2) is 12.5. The number of hydrogen-bond acceptors (Lipinski definition) is 4. The van der Waals surface area contributed by atoms with Crippen LogP contribution in [-0.2, 0) is 4.57 Å². The molecule has 186 valence electrons. The topological polar surface area (TPSA) is 69.6 Å². The van der Waals surface area contributed by atoms with E-state index < -0.39 is 14.9 Å². The zero-order chi connectivity index (χ0) is 26.0. The molecule has 0 aliphatic rings. The molecule has 0 aliphatic heterocycles. The molecule has 6 heteroatoms. The third-order valence-electron chi connectivity index (χ3n) is 5.72. The Balaban J connectivity index is 0.000000396. The van der Waals surface area contributed by atoms with Gasteiger partial charge in [-0.3, -0.25) is 4.57 Å². The predicted octanol–water partition coefficient (Wildman–Crippen LogP) is 5.96. The lowest BCUT2D eigenvalue weighted by Crippen LogP contribution is -2.35. The van der Waals surface area contributed by atoms with E-state index in [9.17, 15) is 9.46 Å². The maximum absolute atomic E-state index is 13.4. The van der Waals surface area contributed by atoms with Gasteiger partial charge in [-0.1, -0.05) is 91.0 Å². The summed E-state index contributed by atoms with van der Waals surface area (Å²) in [7, 11) is -6.75. The van der Waals surface area contributed by atoms with Crippen LogP contribution < -0.4 is 25.3 Å². The van der Waals surface area contributed by atoms with Gasteiger partial charge in [0.1, 0.15) is 40.6 Å². The van der Waals surface area contributed by atoms with Gasteiger partial charge in [0, 0.05) is 0 Å². The second-order valence-electron chi connectivity index (χ2n) is 8.31. The molecular weight excluding hydrogens is 498 g/mol. The number of hydrogen-bond donors (Lipinski definition) is 1. The predicted molar refractivity (Wildman–Crippen MR) is 153 cm³/mol. The molecule has 5 rings (SSSR count). The van der Waals surface area contributed by atoms with Gasteiger partial charge >= 0.3 is 0 Å². The Morgan fingerprint density at radius 1 is 0.568 bits per heavy atom. The van der Waals surface area contributed by atoms with Gasteiger partial charge < -0.3 is 14.5 Å². The highest BCUT2D eigenvalue weighted by Gasteiger charge is 2.48. The molecule has 0 heterocycles. The van der Waals surface area contributed by atoms with Crippen LogP contribution in [-0.4, -0.2) is 11.0 Å². The lowest BCUT2D eigenvalue weighted by atomic mass is 10.3. The van der Waals surface area contributed by atoms with Crippen molar-refractivity contribution in [1.82, 2.24) is 0 Å². The van der Waals surface area contributed by atoms with Crippen LogP contribution in [0.15, 0.2) is 152 Å². The molecule has 4 nitrogen and oxygen atoms in total. The molecule has 0 aromatic heterocycles. The van der Waals surface area contributed by atoms with Gasteiger partial charge in [0.05, 0.1) is 0 Å². The number of benzene rings is 5. The van der Waals surface area contributed by atoms with E-state index in [1.807, 2.05) is 103 Å². The van der Waals surface area contributed by atoms with Crippen molar-refractivity contribution in [2.24, 2.45) is 0 Å². The number of aromatic hydroxyl groups is 1. The first kappa shape index (κ1) is 26.4. The third-order valence-corrected chi connectivity index (χ3v) is 12.8. The Bertz CT molecular complexity index is 1300. The quantitative estimate of drug-likeness (QED) is 0.266. The molecule has 0 amide bonds. The van der Waals surface area contributed by atoms with E-state index in [1.54, 1.807) is 48.5 Å². The van der Waals surface area contributed by atoms with E-state index in [0.29, 0.717) is 11.5 Å². The molecule has 0 spiro atoms. The summed E-state index contributed by atoms with van der Waals surface area (Å²) in [6.07, 6.45) is 0. The summed E-state index contributed by atoms with van der Waals surface area (Å²) >= 11 is 0. The summed E-state index contributed by atoms with van der Waals surface area (Å²) in [6.45, 7) is 0. The molecular formula is C31H28O4P2. The molecule has 0 fully saturated rings. The van der Waals surface area contributed by atoms with Crippen molar-refractivity contribution in [2.45, 2.75) is 0 Å². The van der Waals surface area contributed by atoms with Crippen molar-refractivity contribution in [1.29, 1.82) is 0 Å². The van der Waals surface area contributed by atoms with E-state index in [2.05, 4.69) is 0 Å². The fourth-order valence-electron chi connectivity index (χ4n) is 4.10. The Kier molecular flexibility index (Phi) is 8.93. The molecule has 5 aromatic rings. The summed E-state index contributed by atoms with van der Waals surface area (Å²) in [4.78, 5) is 13.4. The highest BCUT2D eigenvalue weighted by atomic mass is 31.2. The fourth-order valence-corrected chi connectivity index (χ4v) is 11.7. The van der Waals surface area contributed by atoms with Crippen LogP contribution >= 0.6 is 14.9 Å². The number of phenolic OH excluding ortho intramolecular Hbond substituents is 1. The summed E-state index contributed by atoms with van der Waals surface area (Å²) in [6, 6.07) is 47.2. The van der Waals surface area contributed by atoms with Crippen LogP contribution in [0.5, 0.6) is 11.5 Å². The first-order valence-electron chi connectivity index (χ1n) is 11.8. The van der Waals surface area contributed by atoms with Crippen molar-refractivity contribution in [3.63, 3.8) is 0 Å². The second-order valence-corrected chi connectivity index (χ2v) is 14.0. The highest BCUT2D eigenvalue weighted by Crippen LogP contribution is 2.64. The SMILES string of the molecule is O=P([O-])(C[P+](c1ccccc1)(c1ccccc1)c1ccccc1)Oc1ccccc1.Oc1ccccc1. The molecule has 1 N–H and O–H groups in total. The minimum absolute atomic E-state index is 0.0903. The fraction of sp³-hybridized carbons (Fsp3) is 0.0323. The Morgan fingerprint density at radius 3 is 1.22 bits per heavy atom. The average Bonchev–Trinajstić information content (AvgIpc) is 2.94. The van der Waals surface area contributed by atoms with E-state index in [0.717, 1.165) is 15.9 Å². The van der Waals surface area contributed by atoms with Crippen LogP contribution in [0.4, 0.5) is 0 Å². The lowest BCUT2D eigenvalue weighted by molar-refractivity contribution is -0.189. The molecule has 1 unspecified atom stereocenters. The van der Waals surface area contributed by atoms with E-state index in [-0.39, 0.29) is 5.90 Å². The zero-order valence-electron chi connectivity index (χ0n) is 20.2. The van der Waals surface area contributed by atoms with Crippen LogP contribution in [0, 0.1) is 0 Å². The van der Waals surface area contributed by atoms with E-state index in [4.69, 9.17) is 9.63 Å². The van der Waals surface area contributed by atoms with Crippen LogP contribution in [0.1, 0.15) is 0 Å². The Labute approximate surface area is 218 Å². The summed E-state index contributed by atoms with van der Waals surface area (Å²) < 4.78 is 18.9. The van der Waals surface area contributed by atoms with E-state index in [1.165, 1.54) is 0 Å². The molecule has 0 aliphatic carbocycles. The third kappa shape index (κ3) is 6.96. The van der Waals surface area contributed by atoms with Crippen molar-refractivity contribution < 1.29 is 19.1 Å². The molecule has 0 bridgehead atoms. The minimum Gasteiger partial charge on any atom is -0.766 e. The van der Waals surface area contributed by atoms with Crippen molar-refractivity contribution in [3.8, 4) is 11.5 Å². The monoisotopic (exact) mass is 526 g/mol. The number of para-hydroxylation sites is 2. The van der Waals surface area contributed by atoms with E-state index >= 15 is 0 Å². The van der Waals surface area contributed by atoms with Gasteiger partial charge in [0.15, 0.2) is 0 Å².